The number of halogens is 4. The number of rotatable bonds is 10. The summed E-state index contributed by atoms with van der Waals surface area (Å²) in [6.45, 7) is 7.60. The minimum atomic E-state index is -4.69. The van der Waals surface area contributed by atoms with Crippen molar-refractivity contribution in [1.82, 2.24) is 25.3 Å². The molecule has 0 aliphatic carbocycles. The molecule has 2 bridgehead atoms. The Bertz CT molecular complexity index is 2000. The maximum Gasteiger partial charge on any atom is 0.416 e. The van der Waals surface area contributed by atoms with Crippen LogP contribution in [-0.2, 0) is 27.0 Å². The van der Waals surface area contributed by atoms with Crippen LogP contribution < -0.4 is 15.5 Å². The van der Waals surface area contributed by atoms with E-state index in [4.69, 9.17) is 9.84 Å². The normalized spacial score (nSPS) is 21.2. The summed E-state index contributed by atoms with van der Waals surface area (Å²) < 4.78 is 62.2. The quantitative estimate of drug-likeness (QED) is 0.177. The summed E-state index contributed by atoms with van der Waals surface area (Å²) in [4.78, 5) is 45.1. The third-order valence-electron chi connectivity index (χ3n) is 9.68. The lowest BCUT2D eigenvalue weighted by Crippen LogP contribution is -2.57. The number of para-hydroxylation sites is 1. The van der Waals surface area contributed by atoms with E-state index >= 15 is 0 Å². The highest BCUT2D eigenvalue weighted by molar-refractivity contribution is 6.05. The Morgan fingerprint density at radius 1 is 1.00 bits per heavy atom. The van der Waals surface area contributed by atoms with Gasteiger partial charge in [-0.2, -0.15) is 18.3 Å². The van der Waals surface area contributed by atoms with Crippen LogP contribution in [0.3, 0.4) is 0 Å². The van der Waals surface area contributed by atoms with Crippen molar-refractivity contribution in [3.8, 4) is 5.69 Å². The van der Waals surface area contributed by atoms with Crippen LogP contribution in [0.25, 0.3) is 5.69 Å². The molecule has 8 rings (SSSR count). The molecule has 3 amide bonds. The summed E-state index contributed by atoms with van der Waals surface area (Å²) >= 11 is 0. The Hall–Kier alpha value is -5.34. The van der Waals surface area contributed by atoms with E-state index in [1.807, 2.05) is 6.07 Å². The van der Waals surface area contributed by atoms with E-state index in [1.165, 1.54) is 35.2 Å². The van der Waals surface area contributed by atoms with E-state index in [1.54, 1.807) is 35.9 Å². The molecule has 0 spiro atoms. The fourth-order valence-electron chi connectivity index (χ4n) is 7.25. The van der Waals surface area contributed by atoms with Crippen molar-refractivity contribution in [3.63, 3.8) is 0 Å². The van der Waals surface area contributed by atoms with Crippen LogP contribution in [0.4, 0.5) is 23.4 Å². The zero-order valence-electron chi connectivity index (χ0n) is 28.2. The first kappa shape index (κ1) is 35.1. The van der Waals surface area contributed by atoms with Crippen LogP contribution in [0.1, 0.15) is 52.0 Å². The van der Waals surface area contributed by atoms with Crippen LogP contribution >= 0.6 is 0 Å². The molecule has 4 unspecified atom stereocenters. The molecule has 5 heterocycles. The van der Waals surface area contributed by atoms with E-state index in [0.717, 1.165) is 24.6 Å². The molecule has 270 valence electrons. The number of hydrogen-bond donors (Lipinski definition) is 2. The second-order valence-corrected chi connectivity index (χ2v) is 13.2. The highest BCUT2D eigenvalue weighted by Crippen LogP contribution is 2.44. The molecule has 0 saturated carbocycles. The lowest BCUT2D eigenvalue weighted by Gasteiger charge is -2.47. The molecule has 10 nitrogen and oxygen atoms in total. The molecule has 4 atom stereocenters. The molecule has 3 saturated heterocycles. The third kappa shape index (κ3) is 6.83. The standard InChI is InChI=1S/C38H36F4N6O4/c1-3-47-36-32(30(45-48(36)27-10-5-4-6-11-27)18-43-34(49)22(2)19-46-20-28-17-29(21-46)52-28)31(23-12-14-26(39)15-13-23)33(37(47)51)44-35(50)24-8-7-9-25(16-24)38(40,41)42/h4-16,28-29,31,33H,2-3,17-21H2,1H3,(H,43,49)(H,44,50). The van der Waals surface area contributed by atoms with E-state index in [-0.39, 0.29) is 30.9 Å². The van der Waals surface area contributed by atoms with Crippen LogP contribution in [-0.4, -0.2) is 76.8 Å². The summed E-state index contributed by atoms with van der Waals surface area (Å²) in [5.41, 5.74) is 0.939. The van der Waals surface area contributed by atoms with E-state index in [0.29, 0.717) is 53.5 Å². The number of alkyl halides is 3. The molecule has 14 heteroatoms. The van der Waals surface area contributed by atoms with Gasteiger partial charge in [-0.3, -0.25) is 24.2 Å². The van der Waals surface area contributed by atoms with E-state index in [9.17, 15) is 31.9 Å². The molecule has 3 fully saturated rings. The minimum absolute atomic E-state index is 0.0912. The maximum absolute atomic E-state index is 14.4. The Balaban J connectivity index is 1.28. The SMILES string of the molecule is C=C(CN1CC2CC(C1)O2)C(=O)NCc1nn(-c2ccccc2)c2c1C(c1ccc(F)cc1)C(NC(=O)c1cccc(C(F)(F)F)c1)C(=O)N2CC. The zero-order valence-corrected chi connectivity index (χ0v) is 28.2. The van der Waals surface area contributed by atoms with Gasteiger partial charge in [0.25, 0.3) is 11.8 Å². The molecule has 4 aliphatic rings. The summed E-state index contributed by atoms with van der Waals surface area (Å²) in [5.74, 6) is -2.97. The predicted octanol–water partition coefficient (Wildman–Crippen LogP) is 4.97. The molecule has 1 aromatic heterocycles. The number of fused-ring (bicyclic) bond motifs is 3. The van der Waals surface area contributed by atoms with Crippen molar-refractivity contribution < 1.29 is 36.7 Å². The number of carbonyl (C=O) groups excluding carboxylic acids is 3. The number of aromatic nitrogens is 2. The van der Waals surface area contributed by atoms with E-state index in [2.05, 4.69) is 22.1 Å². The van der Waals surface area contributed by atoms with Gasteiger partial charge in [-0.15, -0.1) is 0 Å². The lowest BCUT2D eigenvalue weighted by atomic mass is 9.80. The molecule has 4 aromatic rings. The Morgan fingerprint density at radius 3 is 2.35 bits per heavy atom. The average Bonchev–Trinajstić information content (AvgIpc) is 3.50. The average molecular weight is 717 g/mol. The number of ether oxygens (including phenoxy) is 1. The van der Waals surface area contributed by atoms with Crippen molar-refractivity contribution in [1.29, 1.82) is 0 Å². The largest absolute Gasteiger partial charge is 0.416 e. The fourth-order valence-corrected chi connectivity index (χ4v) is 7.25. The summed E-state index contributed by atoms with van der Waals surface area (Å²) in [6, 6.07) is 17.0. The number of amides is 3. The second kappa shape index (κ2) is 14.0. The molecule has 2 N–H and O–H groups in total. The highest BCUT2D eigenvalue weighted by atomic mass is 19.4. The second-order valence-electron chi connectivity index (χ2n) is 13.2. The first-order chi connectivity index (χ1) is 24.9. The summed E-state index contributed by atoms with van der Waals surface area (Å²) in [6.07, 6.45) is -3.35. The molecular weight excluding hydrogens is 680 g/mol. The van der Waals surface area contributed by atoms with Crippen molar-refractivity contribution in [2.24, 2.45) is 0 Å². The Morgan fingerprint density at radius 2 is 1.69 bits per heavy atom. The van der Waals surface area contributed by atoms with Crippen LogP contribution in [0.15, 0.2) is 91.0 Å². The number of nitrogens with zero attached hydrogens (tertiary/aromatic N) is 4. The van der Waals surface area contributed by atoms with Gasteiger partial charge in [0.2, 0.25) is 5.91 Å². The summed E-state index contributed by atoms with van der Waals surface area (Å²) in [5, 5.41) is 10.5. The Labute approximate surface area is 297 Å². The van der Waals surface area contributed by atoms with Gasteiger partial charge in [0.15, 0.2) is 0 Å². The smallest absolute Gasteiger partial charge is 0.372 e. The van der Waals surface area contributed by atoms with Crippen LogP contribution in [0.2, 0.25) is 0 Å². The third-order valence-corrected chi connectivity index (χ3v) is 9.68. The maximum atomic E-state index is 14.4. The van der Waals surface area contributed by atoms with Crippen molar-refractivity contribution >= 4 is 23.5 Å². The van der Waals surface area contributed by atoms with Crippen LogP contribution in [0, 0.1) is 5.82 Å². The lowest BCUT2D eigenvalue weighted by molar-refractivity contribution is -0.179. The molecule has 4 aliphatic heterocycles. The van der Waals surface area contributed by atoms with Gasteiger partial charge in [-0.05, 0) is 55.0 Å². The molecule has 3 aromatic carbocycles. The number of piperidine rings is 1. The fraction of sp³-hybridized carbons (Fsp3) is 0.316. The predicted molar refractivity (Wildman–Crippen MR) is 183 cm³/mol. The molecule has 52 heavy (non-hydrogen) atoms. The van der Waals surface area contributed by atoms with Crippen molar-refractivity contribution in [3.05, 3.63) is 125 Å². The van der Waals surface area contributed by atoms with Gasteiger partial charge >= 0.3 is 6.18 Å². The number of carbonyl (C=O) groups is 3. The monoisotopic (exact) mass is 716 g/mol. The number of hydrogen-bond acceptors (Lipinski definition) is 6. The van der Waals surface area contributed by atoms with Gasteiger partial charge in [0.05, 0.1) is 35.7 Å². The van der Waals surface area contributed by atoms with Gasteiger partial charge in [-0.1, -0.05) is 43.0 Å². The summed E-state index contributed by atoms with van der Waals surface area (Å²) in [7, 11) is 0. The van der Waals surface area contributed by atoms with Gasteiger partial charge < -0.3 is 15.4 Å². The first-order valence-electron chi connectivity index (χ1n) is 17.0. The first-order valence-corrected chi connectivity index (χ1v) is 17.0. The minimum Gasteiger partial charge on any atom is -0.372 e. The zero-order chi connectivity index (χ0) is 36.7. The number of likely N-dealkylation sites (N-methyl/N-ethyl adjacent to an activating group) is 1. The topological polar surface area (TPSA) is 109 Å². The number of anilines is 1. The number of morpholine rings is 1. The van der Waals surface area contributed by atoms with Gasteiger partial charge in [0.1, 0.15) is 17.7 Å². The number of nitrogens with one attached hydrogen (secondary N) is 2. The van der Waals surface area contributed by atoms with Crippen molar-refractivity contribution in [2.45, 2.75) is 50.2 Å². The molecular formula is C38H36F4N6O4. The highest BCUT2D eigenvalue weighted by Gasteiger charge is 2.46. The molecule has 0 radical (unpaired) electrons. The van der Waals surface area contributed by atoms with Gasteiger partial charge in [0, 0.05) is 55.2 Å². The van der Waals surface area contributed by atoms with Crippen molar-refractivity contribution in [2.75, 3.05) is 31.1 Å². The van der Waals surface area contributed by atoms with Crippen LogP contribution in [0.5, 0.6) is 0 Å². The Kier molecular flexibility index (Phi) is 9.44. The van der Waals surface area contributed by atoms with E-state index < -0.39 is 47.2 Å². The van der Waals surface area contributed by atoms with Gasteiger partial charge in [-0.25, -0.2) is 9.07 Å². The number of benzene rings is 3.